The molecule has 9 nitrogen and oxygen atoms in total. The summed E-state index contributed by atoms with van der Waals surface area (Å²) in [6.45, 7) is 1.65. The molecule has 32 heavy (non-hydrogen) atoms. The first-order chi connectivity index (χ1) is 15.5. The molecular weight excluding hydrogens is 410 g/mol. The van der Waals surface area contributed by atoms with Gasteiger partial charge in [0.2, 0.25) is 11.8 Å². The number of aromatic nitrogens is 2. The maximum atomic E-state index is 12.2. The van der Waals surface area contributed by atoms with E-state index < -0.39 is 5.92 Å². The molecule has 0 radical (unpaired) electrons. The smallest absolute Gasteiger partial charge is 0.262 e. The van der Waals surface area contributed by atoms with Crippen LogP contribution in [-0.2, 0) is 4.79 Å². The number of anilines is 1. The summed E-state index contributed by atoms with van der Waals surface area (Å²) in [6, 6.07) is 16.5. The number of carbonyl (C=O) groups excluding carboxylic acids is 1. The van der Waals surface area contributed by atoms with Gasteiger partial charge in [-0.05, 0) is 36.8 Å². The highest BCUT2D eigenvalue weighted by molar-refractivity contribution is 5.91. The topological polar surface area (TPSA) is 135 Å². The van der Waals surface area contributed by atoms with Crippen molar-refractivity contribution in [1.29, 1.82) is 5.26 Å². The van der Waals surface area contributed by atoms with Crippen molar-refractivity contribution in [1.82, 2.24) is 10.2 Å². The fraction of sp³-hybridized carbons (Fsp3) is 0.174. The minimum Gasteiger partial charge on any atom is -0.493 e. The third-order valence-corrected chi connectivity index (χ3v) is 5.07. The number of ether oxygens (including phenoxy) is 3. The summed E-state index contributed by atoms with van der Waals surface area (Å²) in [5, 5.41) is 19.4. The molecule has 1 aromatic heterocycles. The summed E-state index contributed by atoms with van der Waals surface area (Å²) in [7, 11) is 1.50. The van der Waals surface area contributed by atoms with E-state index in [1.54, 1.807) is 30.3 Å². The van der Waals surface area contributed by atoms with Crippen molar-refractivity contribution in [2.24, 2.45) is 5.73 Å². The Morgan fingerprint density at radius 3 is 2.78 bits per heavy atom. The van der Waals surface area contributed by atoms with Crippen molar-refractivity contribution in [3.05, 3.63) is 76.8 Å². The standard InChI is InChI=1S/C23H21N5O4/c1-13-20-21(16(11-24)22(25)32-23(20)28-27-13)14-8-9-17(18(10-14)30-2)31-12-19(29)26-15-6-4-3-5-7-15/h3-10,21H,12,25H2,1-2H3,(H,26,29)(H,27,28)/t21-/m1/s1. The van der Waals surface area contributed by atoms with Crippen LogP contribution in [0.15, 0.2) is 60.0 Å². The molecule has 0 saturated carbocycles. The minimum atomic E-state index is -0.480. The molecule has 0 spiro atoms. The molecule has 9 heteroatoms. The number of methoxy groups -OCH3 is 1. The van der Waals surface area contributed by atoms with Gasteiger partial charge in [-0.15, -0.1) is 5.10 Å². The van der Waals surface area contributed by atoms with Gasteiger partial charge in [0, 0.05) is 16.9 Å². The van der Waals surface area contributed by atoms with Gasteiger partial charge in [0.05, 0.1) is 13.0 Å². The van der Waals surface area contributed by atoms with E-state index in [1.165, 1.54) is 7.11 Å². The van der Waals surface area contributed by atoms with E-state index in [4.69, 9.17) is 19.9 Å². The lowest BCUT2D eigenvalue weighted by molar-refractivity contribution is -0.118. The Balaban J connectivity index is 1.58. The first kappa shape index (κ1) is 20.8. The molecule has 2 aromatic carbocycles. The third-order valence-electron chi connectivity index (χ3n) is 5.07. The Kier molecular flexibility index (Phi) is 5.68. The summed E-state index contributed by atoms with van der Waals surface area (Å²) in [5.74, 6) is 0.375. The molecule has 4 rings (SSSR count). The van der Waals surface area contributed by atoms with E-state index in [-0.39, 0.29) is 24.0 Å². The van der Waals surface area contributed by atoms with Gasteiger partial charge in [0.1, 0.15) is 11.6 Å². The largest absolute Gasteiger partial charge is 0.493 e. The van der Waals surface area contributed by atoms with Gasteiger partial charge < -0.3 is 25.3 Å². The van der Waals surface area contributed by atoms with Crippen molar-refractivity contribution < 1.29 is 19.0 Å². The van der Waals surface area contributed by atoms with E-state index >= 15 is 0 Å². The maximum absolute atomic E-state index is 12.2. The highest BCUT2D eigenvalue weighted by atomic mass is 16.5. The van der Waals surface area contributed by atoms with Crippen molar-refractivity contribution in [3.63, 3.8) is 0 Å². The van der Waals surface area contributed by atoms with Crippen LogP contribution in [0.3, 0.4) is 0 Å². The van der Waals surface area contributed by atoms with Crippen molar-refractivity contribution in [3.8, 4) is 23.4 Å². The van der Waals surface area contributed by atoms with Crippen molar-refractivity contribution in [2.75, 3.05) is 19.0 Å². The molecule has 0 bridgehead atoms. The number of para-hydroxylation sites is 1. The third kappa shape index (κ3) is 3.94. The molecule has 1 aliphatic heterocycles. The number of nitriles is 1. The zero-order valence-corrected chi connectivity index (χ0v) is 17.5. The van der Waals surface area contributed by atoms with Gasteiger partial charge in [-0.2, -0.15) is 5.26 Å². The zero-order chi connectivity index (χ0) is 22.7. The predicted molar refractivity (Wildman–Crippen MR) is 116 cm³/mol. The van der Waals surface area contributed by atoms with Gasteiger partial charge >= 0.3 is 0 Å². The number of aromatic amines is 1. The highest BCUT2D eigenvalue weighted by Crippen LogP contribution is 2.44. The zero-order valence-electron chi connectivity index (χ0n) is 17.5. The number of hydrogen-bond acceptors (Lipinski definition) is 7. The van der Waals surface area contributed by atoms with Crippen LogP contribution in [0.25, 0.3) is 0 Å². The van der Waals surface area contributed by atoms with Crippen molar-refractivity contribution >= 4 is 11.6 Å². The number of fused-ring (bicyclic) bond motifs is 1. The lowest BCUT2D eigenvalue weighted by atomic mass is 9.84. The number of benzene rings is 2. The van der Waals surface area contributed by atoms with E-state index in [9.17, 15) is 10.1 Å². The molecule has 3 aromatic rings. The quantitative estimate of drug-likeness (QED) is 0.546. The number of carbonyl (C=O) groups is 1. The second-order valence-corrected chi connectivity index (χ2v) is 7.11. The fourth-order valence-electron chi connectivity index (χ4n) is 3.58. The number of nitrogens with one attached hydrogen (secondary N) is 2. The Bertz CT molecular complexity index is 1230. The molecule has 0 aliphatic carbocycles. The molecule has 0 unspecified atom stereocenters. The summed E-state index contributed by atoms with van der Waals surface area (Å²) in [4.78, 5) is 12.2. The van der Waals surface area contributed by atoms with Gasteiger partial charge in [0.15, 0.2) is 18.1 Å². The van der Waals surface area contributed by atoms with Gasteiger partial charge in [-0.3, -0.25) is 9.89 Å². The fourth-order valence-corrected chi connectivity index (χ4v) is 3.58. The lowest BCUT2D eigenvalue weighted by Crippen LogP contribution is -2.21. The van der Waals surface area contributed by atoms with Crippen LogP contribution in [0, 0.1) is 18.3 Å². The number of nitrogens with two attached hydrogens (primary N) is 1. The second-order valence-electron chi connectivity index (χ2n) is 7.11. The summed E-state index contributed by atoms with van der Waals surface area (Å²) >= 11 is 0. The average molecular weight is 431 g/mol. The number of aryl methyl sites for hydroxylation is 1. The number of H-pyrrole nitrogens is 1. The van der Waals surface area contributed by atoms with Crippen LogP contribution >= 0.6 is 0 Å². The second kappa shape index (κ2) is 8.73. The molecule has 2 heterocycles. The summed E-state index contributed by atoms with van der Waals surface area (Å²) < 4.78 is 16.7. The summed E-state index contributed by atoms with van der Waals surface area (Å²) in [5.41, 5.74) is 9.17. The monoisotopic (exact) mass is 431 g/mol. The molecule has 4 N–H and O–H groups in total. The van der Waals surface area contributed by atoms with Gasteiger partial charge in [-0.25, -0.2) is 0 Å². The van der Waals surface area contributed by atoms with E-state index in [0.29, 0.717) is 23.1 Å². The van der Waals surface area contributed by atoms with Crippen LogP contribution in [0.1, 0.15) is 22.7 Å². The van der Waals surface area contributed by atoms with E-state index in [0.717, 1.165) is 16.8 Å². The highest BCUT2D eigenvalue weighted by Gasteiger charge is 2.34. The number of allylic oxidation sites excluding steroid dienone is 1. The van der Waals surface area contributed by atoms with Gasteiger partial charge in [-0.1, -0.05) is 24.3 Å². The molecule has 0 saturated heterocycles. The van der Waals surface area contributed by atoms with Crippen molar-refractivity contribution in [2.45, 2.75) is 12.8 Å². The minimum absolute atomic E-state index is 0.00776. The number of amides is 1. The molecule has 0 fully saturated rings. The molecule has 162 valence electrons. The number of hydrogen-bond donors (Lipinski definition) is 3. The maximum Gasteiger partial charge on any atom is 0.262 e. The van der Waals surface area contributed by atoms with Gasteiger partial charge in [0.25, 0.3) is 5.91 Å². The first-order valence-electron chi connectivity index (χ1n) is 9.80. The summed E-state index contributed by atoms with van der Waals surface area (Å²) in [6.07, 6.45) is 0. The Hall–Kier alpha value is -4.45. The predicted octanol–water partition coefficient (Wildman–Crippen LogP) is 2.96. The SMILES string of the molecule is COc1cc([C@@H]2C(C#N)=C(N)Oc3n[nH]c(C)c32)ccc1OCC(=O)Nc1ccccc1. The normalized spacial score (nSPS) is 14.7. The van der Waals surface area contributed by atoms with Crippen LogP contribution in [0.5, 0.6) is 17.4 Å². The van der Waals surface area contributed by atoms with E-state index in [1.807, 2.05) is 25.1 Å². The van der Waals surface area contributed by atoms with Crippen LogP contribution < -0.4 is 25.3 Å². The van der Waals surface area contributed by atoms with E-state index in [2.05, 4.69) is 21.6 Å². The Labute approximate surface area is 184 Å². The number of nitrogens with zero attached hydrogens (tertiary/aromatic N) is 2. The molecule has 1 aliphatic rings. The van der Waals surface area contributed by atoms with Crippen LogP contribution in [-0.4, -0.2) is 29.8 Å². The van der Waals surface area contributed by atoms with Crippen LogP contribution in [0.2, 0.25) is 0 Å². The molecular formula is C23H21N5O4. The molecule has 1 amide bonds. The first-order valence-corrected chi connectivity index (χ1v) is 9.80. The Morgan fingerprint density at radius 1 is 1.28 bits per heavy atom. The molecule has 1 atom stereocenters. The lowest BCUT2D eigenvalue weighted by Gasteiger charge is -2.24. The Morgan fingerprint density at radius 2 is 2.06 bits per heavy atom. The number of rotatable bonds is 6. The average Bonchev–Trinajstić information content (AvgIpc) is 3.17. The van der Waals surface area contributed by atoms with Crippen LogP contribution in [0.4, 0.5) is 5.69 Å².